The van der Waals surface area contributed by atoms with E-state index in [0.717, 1.165) is 32.2 Å². The van der Waals surface area contributed by atoms with Gasteiger partial charge in [-0.05, 0) is 45.1 Å². The van der Waals surface area contributed by atoms with Crippen molar-refractivity contribution in [3.05, 3.63) is 0 Å². The molecule has 2 saturated carbocycles. The lowest BCUT2D eigenvalue weighted by molar-refractivity contribution is -0.144. The van der Waals surface area contributed by atoms with Gasteiger partial charge in [0.25, 0.3) is 0 Å². The van der Waals surface area contributed by atoms with Crippen molar-refractivity contribution in [2.45, 2.75) is 75.0 Å². The molecule has 3 fully saturated rings. The van der Waals surface area contributed by atoms with Gasteiger partial charge in [-0.1, -0.05) is 0 Å². The van der Waals surface area contributed by atoms with Gasteiger partial charge in [0.15, 0.2) is 0 Å². The van der Waals surface area contributed by atoms with Crippen LogP contribution in [0, 0.1) is 11.8 Å². The summed E-state index contributed by atoms with van der Waals surface area (Å²) in [6, 6.07) is 0.874. The lowest BCUT2D eigenvalue weighted by Crippen LogP contribution is -2.70. The molecule has 3 rings (SSSR count). The average molecular weight is 386 g/mol. The van der Waals surface area contributed by atoms with Crippen molar-refractivity contribution in [1.29, 1.82) is 0 Å². The first-order valence-corrected chi connectivity index (χ1v) is 10.3. The number of rotatable bonds is 6. The van der Waals surface area contributed by atoms with Crippen LogP contribution in [0.25, 0.3) is 0 Å². The highest BCUT2D eigenvalue weighted by Crippen LogP contribution is 2.34. The highest BCUT2D eigenvalue weighted by molar-refractivity contribution is 4.96. The SMILES string of the molecule is COC1CC(N(C)CC2CCC3N[C@@H](N)N[C@H](N)[C@H]3C2)CC(OC)C1OC. The largest absolute Gasteiger partial charge is 0.379 e. The summed E-state index contributed by atoms with van der Waals surface area (Å²) in [6.45, 7) is 1.08. The van der Waals surface area contributed by atoms with Crippen molar-refractivity contribution in [3.63, 3.8) is 0 Å². The van der Waals surface area contributed by atoms with E-state index < -0.39 is 0 Å². The van der Waals surface area contributed by atoms with E-state index in [4.69, 9.17) is 25.7 Å². The lowest BCUT2D eigenvalue weighted by Gasteiger charge is -2.47. The quantitative estimate of drug-likeness (QED) is 0.491. The summed E-state index contributed by atoms with van der Waals surface area (Å²) in [4.78, 5) is 2.50. The molecule has 158 valence electrons. The molecule has 1 saturated heterocycles. The van der Waals surface area contributed by atoms with E-state index in [-0.39, 0.29) is 30.8 Å². The second-order valence-electron chi connectivity index (χ2n) is 8.60. The van der Waals surface area contributed by atoms with Gasteiger partial charge < -0.3 is 30.6 Å². The Morgan fingerprint density at radius 1 is 0.926 bits per heavy atom. The first kappa shape index (κ1) is 21.4. The summed E-state index contributed by atoms with van der Waals surface area (Å²) in [5.74, 6) is 1.10. The van der Waals surface area contributed by atoms with Crippen LogP contribution in [0.4, 0.5) is 0 Å². The van der Waals surface area contributed by atoms with Gasteiger partial charge in [0, 0.05) is 45.9 Å². The Bertz CT molecular complexity index is 457. The Morgan fingerprint density at radius 2 is 1.59 bits per heavy atom. The molecule has 27 heavy (non-hydrogen) atoms. The Kier molecular flexibility index (Phi) is 7.49. The summed E-state index contributed by atoms with van der Waals surface area (Å²) in [5, 5.41) is 6.69. The standard InChI is InChI=1S/C19H39N5O3/c1-24(12-8-15(25-2)17(27-4)16(9-12)26-3)10-11-5-6-14-13(7-11)18(20)23-19(21)22-14/h11-19,22-23H,5-10,20-21H2,1-4H3/t11?,12?,13-,14?,15?,16?,17?,18-,19+/m0/s1. The minimum Gasteiger partial charge on any atom is -0.379 e. The fourth-order valence-corrected chi connectivity index (χ4v) is 5.50. The van der Waals surface area contributed by atoms with Gasteiger partial charge in [-0.25, -0.2) is 0 Å². The van der Waals surface area contributed by atoms with E-state index in [0.29, 0.717) is 23.9 Å². The van der Waals surface area contributed by atoms with Gasteiger partial charge in [-0.2, -0.15) is 0 Å². The summed E-state index contributed by atoms with van der Waals surface area (Å²) in [5.41, 5.74) is 12.3. The first-order chi connectivity index (χ1) is 13.0. The van der Waals surface area contributed by atoms with Gasteiger partial charge in [0.2, 0.25) is 0 Å². The summed E-state index contributed by atoms with van der Waals surface area (Å²) in [6.07, 6.45) is 5.37. The third kappa shape index (κ3) is 4.82. The third-order valence-corrected chi connectivity index (χ3v) is 7.02. The van der Waals surface area contributed by atoms with Gasteiger partial charge >= 0.3 is 0 Å². The minimum absolute atomic E-state index is 0.00156. The number of nitrogens with two attached hydrogens (primary N) is 2. The lowest BCUT2D eigenvalue weighted by atomic mass is 9.75. The van der Waals surface area contributed by atoms with Gasteiger partial charge in [-0.3, -0.25) is 10.6 Å². The smallest absolute Gasteiger partial charge is 0.110 e. The zero-order chi connectivity index (χ0) is 19.6. The number of nitrogens with one attached hydrogen (secondary N) is 2. The molecule has 3 aliphatic rings. The Hall–Kier alpha value is -0.320. The van der Waals surface area contributed by atoms with Crippen LogP contribution in [0.3, 0.4) is 0 Å². The third-order valence-electron chi connectivity index (χ3n) is 7.02. The van der Waals surface area contributed by atoms with E-state index in [1.165, 1.54) is 6.42 Å². The van der Waals surface area contributed by atoms with Crippen molar-refractivity contribution in [2.24, 2.45) is 23.3 Å². The van der Waals surface area contributed by atoms with Crippen LogP contribution in [0.5, 0.6) is 0 Å². The summed E-state index contributed by atoms with van der Waals surface area (Å²) >= 11 is 0. The van der Waals surface area contributed by atoms with E-state index in [1.54, 1.807) is 21.3 Å². The Balaban J connectivity index is 1.56. The molecule has 1 aliphatic heterocycles. The first-order valence-electron chi connectivity index (χ1n) is 10.3. The maximum Gasteiger partial charge on any atom is 0.110 e. The van der Waals surface area contributed by atoms with Crippen LogP contribution in [0.1, 0.15) is 32.1 Å². The molecule has 4 unspecified atom stereocenters. The van der Waals surface area contributed by atoms with Crippen LogP contribution < -0.4 is 22.1 Å². The van der Waals surface area contributed by atoms with Crippen molar-refractivity contribution >= 4 is 0 Å². The molecular weight excluding hydrogens is 346 g/mol. The zero-order valence-electron chi connectivity index (χ0n) is 17.3. The van der Waals surface area contributed by atoms with E-state index in [1.807, 2.05) is 0 Å². The molecule has 0 radical (unpaired) electrons. The molecule has 8 heteroatoms. The predicted molar refractivity (Wildman–Crippen MR) is 105 cm³/mol. The molecule has 0 spiro atoms. The molecule has 0 aromatic carbocycles. The molecule has 0 aromatic rings. The molecule has 6 N–H and O–H groups in total. The molecule has 0 aromatic heterocycles. The molecule has 0 bridgehead atoms. The highest BCUT2D eigenvalue weighted by Gasteiger charge is 2.42. The number of hydrogen-bond donors (Lipinski definition) is 4. The zero-order valence-corrected chi connectivity index (χ0v) is 17.3. The minimum atomic E-state index is -0.187. The number of methoxy groups -OCH3 is 3. The Morgan fingerprint density at radius 3 is 2.19 bits per heavy atom. The molecule has 0 amide bonds. The molecule has 8 nitrogen and oxygen atoms in total. The van der Waals surface area contributed by atoms with Crippen LogP contribution in [0.2, 0.25) is 0 Å². The maximum absolute atomic E-state index is 6.33. The normalized spacial score (nSPS) is 45.7. The van der Waals surface area contributed by atoms with Crippen molar-refractivity contribution < 1.29 is 14.2 Å². The highest BCUT2D eigenvalue weighted by atomic mass is 16.6. The number of nitrogens with zero attached hydrogens (tertiary/aromatic N) is 1. The van der Waals surface area contributed by atoms with E-state index in [9.17, 15) is 0 Å². The topological polar surface area (TPSA) is 107 Å². The number of ether oxygens (including phenoxy) is 3. The maximum atomic E-state index is 6.33. The monoisotopic (exact) mass is 385 g/mol. The van der Waals surface area contributed by atoms with Crippen molar-refractivity contribution in [1.82, 2.24) is 15.5 Å². The van der Waals surface area contributed by atoms with Gasteiger partial charge in [0.05, 0.1) is 18.4 Å². The van der Waals surface area contributed by atoms with Crippen LogP contribution in [0.15, 0.2) is 0 Å². The fraction of sp³-hybridized carbons (Fsp3) is 1.00. The fourth-order valence-electron chi connectivity index (χ4n) is 5.50. The Labute approximate surface area is 163 Å². The van der Waals surface area contributed by atoms with E-state index in [2.05, 4.69) is 22.6 Å². The molecule has 2 aliphatic carbocycles. The van der Waals surface area contributed by atoms with E-state index >= 15 is 0 Å². The van der Waals surface area contributed by atoms with Crippen LogP contribution >= 0.6 is 0 Å². The van der Waals surface area contributed by atoms with Crippen LogP contribution in [-0.4, -0.2) is 82.7 Å². The van der Waals surface area contributed by atoms with Crippen molar-refractivity contribution in [3.8, 4) is 0 Å². The molecular formula is C19H39N5O3. The second-order valence-corrected chi connectivity index (χ2v) is 8.60. The summed E-state index contributed by atoms with van der Waals surface area (Å²) < 4.78 is 17.1. The molecule has 7 atom stereocenters. The van der Waals surface area contributed by atoms with Gasteiger partial charge in [-0.15, -0.1) is 0 Å². The number of fused-ring (bicyclic) bond motifs is 1. The van der Waals surface area contributed by atoms with Crippen molar-refractivity contribution in [2.75, 3.05) is 34.9 Å². The predicted octanol–water partition coefficient (Wildman–Crippen LogP) is -0.370. The van der Waals surface area contributed by atoms with Gasteiger partial charge in [0.1, 0.15) is 12.4 Å². The van der Waals surface area contributed by atoms with Crippen LogP contribution in [-0.2, 0) is 14.2 Å². The second kappa shape index (κ2) is 9.45. The number of hydrogen-bond acceptors (Lipinski definition) is 8. The molecule has 1 heterocycles. The summed E-state index contributed by atoms with van der Waals surface area (Å²) in [7, 11) is 7.51. The average Bonchev–Trinajstić information content (AvgIpc) is 2.67.